The van der Waals surface area contributed by atoms with Crippen LogP contribution in [0.3, 0.4) is 0 Å². The molecule has 9 heteroatoms. The first-order valence-corrected chi connectivity index (χ1v) is 8.49. The quantitative estimate of drug-likeness (QED) is 0.599. The van der Waals surface area contributed by atoms with Crippen molar-refractivity contribution in [2.24, 2.45) is 0 Å². The first kappa shape index (κ1) is 17.6. The van der Waals surface area contributed by atoms with Crippen LogP contribution in [0.1, 0.15) is 23.2 Å². The number of piperazine rings is 1. The molecule has 2 amide bonds. The van der Waals surface area contributed by atoms with Crippen LogP contribution >= 0.6 is 11.6 Å². The van der Waals surface area contributed by atoms with Gasteiger partial charge in [0.1, 0.15) is 11.7 Å². The zero-order chi connectivity index (χ0) is 18.0. The van der Waals surface area contributed by atoms with E-state index in [2.05, 4.69) is 0 Å². The van der Waals surface area contributed by atoms with E-state index in [0.29, 0.717) is 32.8 Å². The lowest BCUT2D eigenvalue weighted by Crippen LogP contribution is -2.52. The predicted octanol–water partition coefficient (Wildman–Crippen LogP) is 1.71. The van der Waals surface area contributed by atoms with Crippen molar-refractivity contribution in [3.63, 3.8) is 0 Å². The highest BCUT2D eigenvalue weighted by molar-refractivity contribution is 6.31. The number of carbonyl (C=O) groups is 2. The molecule has 134 valence electrons. The van der Waals surface area contributed by atoms with Crippen molar-refractivity contribution in [3.05, 3.63) is 38.9 Å². The second kappa shape index (κ2) is 7.37. The van der Waals surface area contributed by atoms with Gasteiger partial charge in [0.15, 0.2) is 0 Å². The largest absolute Gasteiger partial charge is 0.368 e. The molecule has 3 rings (SSSR count). The molecule has 2 saturated heterocycles. The summed E-state index contributed by atoms with van der Waals surface area (Å²) in [4.78, 5) is 38.7. The molecule has 0 N–H and O–H groups in total. The number of ether oxygens (including phenoxy) is 1. The van der Waals surface area contributed by atoms with E-state index in [-0.39, 0.29) is 28.3 Å². The number of benzene rings is 1. The summed E-state index contributed by atoms with van der Waals surface area (Å²) in [5.41, 5.74) is -0.302. The van der Waals surface area contributed by atoms with Gasteiger partial charge in [0.25, 0.3) is 17.5 Å². The number of nitro groups is 1. The van der Waals surface area contributed by atoms with E-state index in [1.807, 2.05) is 0 Å². The number of amides is 2. The van der Waals surface area contributed by atoms with Crippen molar-refractivity contribution >= 4 is 29.1 Å². The maximum Gasteiger partial charge on any atom is 0.282 e. The Kier molecular flexibility index (Phi) is 5.19. The molecule has 0 radical (unpaired) electrons. The molecule has 0 bridgehead atoms. The number of hydrogen-bond donors (Lipinski definition) is 0. The monoisotopic (exact) mass is 367 g/mol. The molecule has 1 aromatic carbocycles. The Balaban J connectivity index is 1.67. The number of halogens is 1. The lowest BCUT2D eigenvalue weighted by molar-refractivity contribution is -0.385. The van der Waals surface area contributed by atoms with Gasteiger partial charge in [0.05, 0.1) is 4.92 Å². The summed E-state index contributed by atoms with van der Waals surface area (Å²) in [5, 5.41) is 11.4. The van der Waals surface area contributed by atoms with E-state index >= 15 is 0 Å². The lowest BCUT2D eigenvalue weighted by atomic mass is 10.1. The first-order chi connectivity index (χ1) is 12.0. The molecule has 1 unspecified atom stereocenters. The van der Waals surface area contributed by atoms with Crippen LogP contribution in [-0.2, 0) is 9.53 Å². The summed E-state index contributed by atoms with van der Waals surface area (Å²) in [6.07, 6.45) is 1.23. The van der Waals surface area contributed by atoms with Crippen molar-refractivity contribution in [3.8, 4) is 0 Å². The number of carbonyl (C=O) groups excluding carboxylic acids is 2. The van der Waals surface area contributed by atoms with Gasteiger partial charge in [-0.05, 0) is 25.0 Å². The molecule has 2 aliphatic rings. The van der Waals surface area contributed by atoms with Crippen LogP contribution in [0.4, 0.5) is 5.69 Å². The molecule has 2 aliphatic heterocycles. The molecule has 0 saturated carbocycles. The lowest BCUT2D eigenvalue weighted by Gasteiger charge is -2.35. The van der Waals surface area contributed by atoms with Crippen LogP contribution < -0.4 is 0 Å². The molecule has 0 spiro atoms. The SMILES string of the molecule is O=C(c1cc(Cl)ccc1[N+](=O)[O-])N1CCN(C(=O)C2CCCO2)CC1. The van der Waals surface area contributed by atoms with Crippen molar-refractivity contribution in [1.29, 1.82) is 0 Å². The third-order valence-corrected chi connectivity index (χ3v) is 4.70. The van der Waals surface area contributed by atoms with Crippen LogP contribution in [0.25, 0.3) is 0 Å². The fourth-order valence-corrected chi connectivity index (χ4v) is 3.29. The van der Waals surface area contributed by atoms with E-state index < -0.39 is 10.8 Å². The number of rotatable bonds is 3. The summed E-state index contributed by atoms with van der Waals surface area (Å²) in [7, 11) is 0. The first-order valence-electron chi connectivity index (χ1n) is 8.11. The van der Waals surface area contributed by atoms with Crippen LogP contribution in [0.2, 0.25) is 5.02 Å². The molecular formula is C16H18ClN3O5. The van der Waals surface area contributed by atoms with E-state index in [1.165, 1.54) is 23.1 Å². The molecule has 8 nitrogen and oxygen atoms in total. The van der Waals surface area contributed by atoms with Crippen molar-refractivity contribution in [2.45, 2.75) is 18.9 Å². The topological polar surface area (TPSA) is 93.0 Å². The molecular weight excluding hydrogens is 350 g/mol. The zero-order valence-corrected chi connectivity index (χ0v) is 14.3. The maximum absolute atomic E-state index is 12.6. The molecule has 2 fully saturated rings. The standard InChI is InChI=1S/C16H18ClN3O5/c17-11-3-4-13(20(23)24)12(10-11)15(21)18-5-7-19(8-6-18)16(22)14-2-1-9-25-14/h3-4,10,14H,1-2,5-9H2. The number of nitrogens with zero attached hydrogens (tertiary/aromatic N) is 3. The van der Waals surface area contributed by atoms with Crippen LogP contribution in [0.15, 0.2) is 18.2 Å². The predicted molar refractivity (Wildman–Crippen MR) is 89.6 cm³/mol. The van der Waals surface area contributed by atoms with E-state index in [4.69, 9.17) is 16.3 Å². The number of hydrogen-bond acceptors (Lipinski definition) is 5. The Morgan fingerprint density at radius 3 is 2.48 bits per heavy atom. The average Bonchev–Trinajstić information content (AvgIpc) is 3.15. The van der Waals surface area contributed by atoms with E-state index in [9.17, 15) is 19.7 Å². The summed E-state index contributed by atoms with van der Waals surface area (Å²) in [6, 6.07) is 3.92. The summed E-state index contributed by atoms with van der Waals surface area (Å²) < 4.78 is 5.41. The smallest absolute Gasteiger partial charge is 0.282 e. The van der Waals surface area contributed by atoms with Crippen LogP contribution in [-0.4, -0.2) is 65.4 Å². The summed E-state index contributed by atoms with van der Waals surface area (Å²) in [5.74, 6) is -0.489. The Morgan fingerprint density at radius 2 is 1.88 bits per heavy atom. The highest BCUT2D eigenvalue weighted by atomic mass is 35.5. The van der Waals surface area contributed by atoms with Gasteiger partial charge in [-0.25, -0.2) is 0 Å². The van der Waals surface area contributed by atoms with Gasteiger partial charge in [-0.15, -0.1) is 0 Å². The zero-order valence-electron chi connectivity index (χ0n) is 13.5. The minimum Gasteiger partial charge on any atom is -0.368 e. The average molecular weight is 368 g/mol. The molecule has 25 heavy (non-hydrogen) atoms. The van der Waals surface area contributed by atoms with Gasteiger partial charge in [-0.2, -0.15) is 0 Å². The second-order valence-electron chi connectivity index (χ2n) is 6.04. The van der Waals surface area contributed by atoms with Gasteiger partial charge >= 0.3 is 0 Å². The van der Waals surface area contributed by atoms with Crippen molar-refractivity contribution < 1.29 is 19.2 Å². The molecule has 2 heterocycles. The van der Waals surface area contributed by atoms with Crippen molar-refractivity contribution in [2.75, 3.05) is 32.8 Å². The fourth-order valence-electron chi connectivity index (χ4n) is 3.12. The fraction of sp³-hybridized carbons (Fsp3) is 0.500. The Labute approximate surface area is 149 Å². The Morgan fingerprint density at radius 1 is 1.20 bits per heavy atom. The Bertz CT molecular complexity index is 697. The van der Waals surface area contributed by atoms with Gasteiger partial charge in [0, 0.05) is 43.9 Å². The van der Waals surface area contributed by atoms with E-state index in [0.717, 1.165) is 12.8 Å². The highest BCUT2D eigenvalue weighted by Crippen LogP contribution is 2.25. The molecule has 0 aromatic heterocycles. The Hall–Kier alpha value is -2.19. The van der Waals surface area contributed by atoms with E-state index in [1.54, 1.807) is 4.90 Å². The minimum atomic E-state index is -0.596. The highest BCUT2D eigenvalue weighted by Gasteiger charge is 2.33. The second-order valence-corrected chi connectivity index (χ2v) is 6.47. The van der Waals surface area contributed by atoms with Gasteiger partial charge < -0.3 is 14.5 Å². The molecule has 1 atom stereocenters. The number of nitro benzene ring substituents is 1. The summed E-state index contributed by atoms with van der Waals surface area (Å²) in [6.45, 7) is 2.02. The third kappa shape index (κ3) is 3.74. The molecule has 1 aromatic rings. The van der Waals surface area contributed by atoms with Gasteiger partial charge in [-0.3, -0.25) is 19.7 Å². The van der Waals surface area contributed by atoms with Gasteiger partial charge in [-0.1, -0.05) is 11.6 Å². The maximum atomic E-state index is 12.6. The van der Waals surface area contributed by atoms with Gasteiger partial charge in [0.2, 0.25) is 0 Å². The third-order valence-electron chi connectivity index (χ3n) is 4.47. The minimum absolute atomic E-state index is 0.0311. The summed E-state index contributed by atoms with van der Waals surface area (Å²) >= 11 is 5.88. The normalized spacial score (nSPS) is 20.6. The van der Waals surface area contributed by atoms with Crippen LogP contribution in [0, 0.1) is 10.1 Å². The van der Waals surface area contributed by atoms with Crippen molar-refractivity contribution in [1.82, 2.24) is 9.80 Å². The van der Waals surface area contributed by atoms with Crippen LogP contribution in [0.5, 0.6) is 0 Å². The molecule has 0 aliphatic carbocycles.